The number of carbonyl (C=O) groups excluding carboxylic acids is 1. The van der Waals surface area contributed by atoms with Crippen molar-refractivity contribution in [1.82, 2.24) is 5.32 Å². The van der Waals surface area contributed by atoms with Crippen LogP contribution in [0.3, 0.4) is 0 Å². The Labute approximate surface area is 189 Å². The third-order valence-corrected chi connectivity index (χ3v) is 6.79. The van der Waals surface area contributed by atoms with Crippen LogP contribution >= 0.6 is 0 Å². The Hall–Kier alpha value is -3.32. The van der Waals surface area contributed by atoms with Crippen molar-refractivity contribution >= 4 is 21.6 Å². The van der Waals surface area contributed by atoms with Crippen LogP contribution in [-0.4, -0.2) is 27.5 Å². The van der Waals surface area contributed by atoms with Crippen molar-refractivity contribution < 1.29 is 17.9 Å². The molecule has 0 heterocycles. The van der Waals surface area contributed by atoms with Crippen molar-refractivity contribution in [2.24, 2.45) is 0 Å². The van der Waals surface area contributed by atoms with Gasteiger partial charge in [0.05, 0.1) is 23.2 Å². The Bertz CT molecular complexity index is 1100. The predicted octanol–water partition coefficient (Wildman–Crippen LogP) is 4.55. The molecule has 0 spiro atoms. The van der Waals surface area contributed by atoms with Gasteiger partial charge >= 0.3 is 0 Å². The van der Waals surface area contributed by atoms with E-state index in [2.05, 4.69) is 5.32 Å². The normalized spacial score (nSPS) is 12.1. The van der Waals surface area contributed by atoms with E-state index >= 15 is 0 Å². The SMILES string of the molecule is CCOc1ccc(N(CC(=O)N[C@H](CC)c2ccccc2)S(=O)(=O)c2ccccc2)cc1. The van der Waals surface area contributed by atoms with Crippen molar-refractivity contribution in [1.29, 1.82) is 0 Å². The minimum atomic E-state index is -3.95. The summed E-state index contributed by atoms with van der Waals surface area (Å²) in [6.07, 6.45) is 0.685. The third-order valence-electron chi connectivity index (χ3n) is 5.00. The number of hydrogen-bond acceptors (Lipinski definition) is 4. The molecule has 0 aliphatic carbocycles. The lowest BCUT2D eigenvalue weighted by Crippen LogP contribution is -2.42. The largest absolute Gasteiger partial charge is 0.494 e. The highest BCUT2D eigenvalue weighted by atomic mass is 32.2. The molecule has 1 atom stereocenters. The minimum Gasteiger partial charge on any atom is -0.494 e. The molecule has 0 unspecified atom stereocenters. The summed E-state index contributed by atoms with van der Waals surface area (Å²) >= 11 is 0. The first kappa shape index (κ1) is 23.3. The molecular formula is C25H28N2O4S. The van der Waals surface area contributed by atoms with Gasteiger partial charge in [-0.25, -0.2) is 8.42 Å². The zero-order valence-corrected chi connectivity index (χ0v) is 19.1. The van der Waals surface area contributed by atoms with Crippen molar-refractivity contribution in [2.45, 2.75) is 31.2 Å². The molecule has 0 saturated heterocycles. The number of sulfonamides is 1. The molecule has 1 amide bonds. The van der Waals surface area contributed by atoms with Crippen LogP contribution in [0, 0.1) is 0 Å². The highest BCUT2D eigenvalue weighted by Crippen LogP contribution is 2.26. The number of amides is 1. The van der Waals surface area contributed by atoms with Crippen LogP contribution in [0.25, 0.3) is 0 Å². The molecule has 0 aromatic heterocycles. The Kier molecular flexibility index (Phi) is 7.89. The molecule has 0 aliphatic heterocycles. The third kappa shape index (κ3) is 5.68. The molecule has 3 rings (SSSR count). The monoisotopic (exact) mass is 452 g/mol. The number of hydrogen-bond donors (Lipinski definition) is 1. The van der Waals surface area contributed by atoms with E-state index in [0.717, 1.165) is 9.87 Å². The van der Waals surface area contributed by atoms with Gasteiger partial charge in [-0.3, -0.25) is 9.10 Å². The molecule has 3 aromatic carbocycles. The van der Waals surface area contributed by atoms with Crippen LogP contribution in [0.15, 0.2) is 89.8 Å². The van der Waals surface area contributed by atoms with E-state index in [4.69, 9.17) is 4.74 Å². The number of anilines is 1. The lowest BCUT2D eigenvalue weighted by Gasteiger charge is -2.26. The van der Waals surface area contributed by atoms with Gasteiger partial charge in [0.2, 0.25) is 5.91 Å². The van der Waals surface area contributed by atoms with Gasteiger partial charge in [-0.2, -0.15) is 0 Å². The molecule has 0 fully saturated rings. The lowest BCUT2D eigenvalue weighted by molar-refractivity contribution is -0.120. The summed E-state index contributed by atoms with van der Waals surface area (Å²) in [6.45, 7) is 4.02. The Morgan fingerprint density at radius 3 is 2.06 bits per heavy atom. The molecule has 1 N–H and O–H groups in total. The highest BCUT2D eigenvalue weighted by molar-refractivity contribution is 7.92. The van der Waals surface area contributed by atoms with Crippen molar-refractivity contribution in [3.63, 3.8) is 0 Å². The average Bonchev–Trinajstić information content (AvgIpc) is 2.83. The van der Waals surface area contributed by atoms with Crippen LogP contribution in [0.2, 0.25) is 0 Å². The fourth-order valence-corrected chi connectivity index (χ4v) is 4.83. The minimum absolute atomic E-state index is 0.122. The van der Waals surface area contributed by atoms with Crippen LogP contribution < -0.4 is 14.4 Å². The van der Waals surface area contributed by atoms with E-state index in [0.29, 0.717) is 24.5 Å². The van der Waals surface area contributed by atoms with Crippen LogP contribution in [0.5, 0.6) is 5.75 Å². The summed E-state index contributed by atoms with van der Waals surface area (Å²) in [5.41, 5.74) is 1.36. The summed E-state index contributed by atoms with van der Waals surface area (Å²) in [6, 6.07) is 24.2. The maximum atomic E-state index is 13.4. The summed E-state index contributed by atoms with van der Waals surface area (Å²) in [7, 11) is -3.95. The number of ether oxygens (including phenoxy) is 1. The van der Waals surface area contributed by atoms with E-state index in [1.165, 1.54) is 12.1 Å². The second kappa shape index (κ2) is 10.8. The van der Waals surface area contributed by atoms with Gasteiger partial charge in [-0.1, -0.05) is 55.5 Å². The Morgan fingerprint density at radius 2 is 1.50 bits per heavy atom. The first-order valence-corrected chi connectivity index (χ1v) is 12.0. The lowest BCUT2D eigenvalue weighted by atomic mass is 10.0. The molecule has 7 heteroatoms. The second-order valence-electron chi connectivity index (χ2n) is 7.19. The van der Waals surface area contributed by atoms with E-state index in [1.54, 1.807) is 42.5 Å². The summed E-state index contributed by atoms with van der Waals surface area (Å²) in [4.78, 5) is 13.1. The average molecular weight is 453 g/mol. The zero-order chi connectivity index (χ0) is 23.0. The molecule has 0 saturated carbocycles. The number of rotatable bonds is 10. The first-order valence-electron chi connectivity index (χ1n) is 10.6. The number of benzene rings is 3. The topological polar surface area (TPSA) is 75.7 Å². The first-order chi connectivity index (χ1) is 15.5. The van der Waals surface area contributed by atoms with Gasteiger partial charge in [0.15, 0.2) is 0 Å². The van der Waals surface area contributed by atoms with Crippen molar-refractivity contribution in [3.8, 4) is 5.75 Å². The summed E-state index contributed by atoms with van der Waals surface area (Å²) < 4.78 is 33.4. The van der Waals surface area contributed by atoms with Crippen LogP contribution in [0.4, 0.5) is 5.69 Å². The molecule has 6 nitrogen and oxygen atoms in total. The van der Waals surface area contributed by atoms with Crippen molar-refractivity contribution in [2.75, 3.05) is 17.5 Å². The van der Waals surface area contributed by atoms with E-state index in [-0.39, 0.29) is 23.4 Å². The molecule has 0 aliphatic rings. The van der Waals surface area contributed by atoms with E-state index < -0.39 is 10.0 Å². The molecule has 0 radical (unpaired) electrons. The maximum absolute atomic E-state index is 13.4. The van der Waals surface area contributed by atoms with Crippen LogP contribution in [0.1, 0.15) is 31.9 Å². The zero-order valence-electron chi connectivity index (χ0n) is 18.3. The fourth-order valence-electron chi connectivity index (χ4n) is 3.39. The smallest absolute Gasteiger partial charge is 0.264 e. The van der Waals surface area contributed by atoms with E-state index in [9.17, 15) is 13.2 Å². The standard InChI is InChI=1S/C25H28N2O4S/c1-3-24(20-11-7-5-8-12-20)26-25(28)19-27(21-15-17-22(18-16-21)31-4-2)32(29,30)23-13-9-6-10-14-23/h5-18,24H,3-4,19H2,1-2H3,(H,26,28)/t24-/m1/s1. The van der Waals surface area contributed by atoms with Crippen molar-refractivity contribution in [3.05, 3.63) is 90.5 Å². The van der Waals surface area contributed by atoms with Gasteiger partial charge in [0.1, 0.15) is 12.3 Å². The molecule has 0 bridgehead atoms. The predicted molar refractivity (Wildman–Crippen MR) is 126 cm³/mol. The van der Waals surface area contributed by atoms with Gasteiger partial charge in [0.25, 0.3) is 10.0 Å². The quantitative estimate of drug-likeness (QED) is 0.490. The number of nitrogens with zero attached hydrogens (tertiary/aromatic N) is 1. The number of carbonyl (C=O) groups is 1. The Balaban J connectivity index is 1.89. The van der Waals surface area contributed by atoms with Gasteiger partial charge in [-0.15, -0.1) is 0 Å². The molecular weight excluding hydrogens is 424 g/mol. The van der Waals surface area contributed by atoms with E-state index in [1.807, 2.05) is 44.2 Å². The second-order valence-corrected chi connectivity index (χ2v) is 9.05. The maximum Gasteiger partial charge on any atom is 0.264 e. The summed E-state index contributed by atoms with van der Waals surface area (Å²) in [5, 5.41) is 2.97. The highest BCUT2D eigenvalue weighted by Gasteiger charge is 2.28. The van der Waals surface area contributed by atoms with Gasteiger partial charge < -0.3 is 10.1 Å². The summed E-state index contributed by atoms with van der Waals surface area (Å²) in [5.74, 6) is 0.252. The molecule has 32 heavy (non-hydrogen) atoms. The van der Waals surface area contributed by atoms with Gasteiger partial charge in [0, 0.05) is 0 Å². The van der Waals surface area contributed by atoms with Gasteiger partial charge in [-0.05, 0) is 55.3 Å². The Morgan fingerprint density at radius 1 is 0.906 bits per heavy atom. The number of nitrogens with one attached hydrogen (secondary N) is 1. The fraction of sp³-hybridized carbons (Fsp3) is 0.240. The molecule has 168 valence electrons. The molecule has 3 aromatic rings. The van der Waals surface area contributed by atoms with Crippen LogP contribution in [-0.2, 0) is 14.8 Å².